The van der Waals surface area contributed by atoms with Gasteiger partial charge in [-0.3, -0.25) is 4.79 Å². The molecule has 0 aromatic heterocycles. The lowest BCUT2D eigenvalue weighted by Crippen LogP contribution is -2.22. The number of rotatable bonds is 5. The van der Waals surface area contributed by atoms with Crippen molar-refractivity contribution in [1.82, 2.24) is 0 Å². The first-order valence-electron chi connectivity index (χ1n) is 6.83. The summed E-state index contributed by atoms with van der Waals surface area (Å²) in [5.41, 5.74) is 13.2. The van der Waals surface area contributed by atoms with E-state index in [1.54, 1.807) is 6.07 Å². The molecule has 5 heteroatoms. The fourth-order valence-corrected chi connectivity index (χ4v) is 2.21. The molecule has 0 aliphatic carbocycles. The summed E-state index contributed by atoms with van der Waals surface area (Å²) in [7, 11) is 0. The average molecular weight is 298 g/mol. The lowest BCUT2D eigenvalue weighted by Gasteiger charge is -2.12. The topological polar surface area (TPSA) is 110 Å². The molecule has 0 aliphatic heterocycles. The zero-order valence-electron chi connectivity index (χ0n) is 12.0. The summed E-state index contributed by atoms with van der Waals surface area (Å²) >= 11 is 0. The molecule has 0 spiro atoms. The molecule has 22 heavy (non-hydrogen) atoms. The van der Waals surface area contributed by atoms with E-state index in [0.717, 1.165) is 5.56 Å². The second-order valence-electron chi connectivity index (χ2n) is 4.95. The Bertz CT molecular complexity index is 709. The summed E-state index contributed by atoms with van der Waals surface area (Å²) in [6.45, 7) is 0. The highest BCUT2D eigenvalue weighted by Crippen LogP contribution is 2.31. The highest BCUT2D eigenvalue weighted by molar-refractivity contribution is 5.99. The molecule has 0 unspecified atom stereocenters. The molecule has 2 aromatic carbocycles. The number of aryl methyl sites for hydroxylation is 1. The minimum Gasteiger partial charge on any atom is -0.504 e. The number of amides is 1. The Morgan fingerprint density at radius 3 is 2.23 bits per heavy atom. The molecular weight excluding hydrogens is 280 g/mol. The molecule has 0 heterocycles. The number of aromatic hydroxyl groups is 2. The van der Waals surface area contributed by atoms with Crippen molar-refractivity contribution in [3.63, 3.8) is 0 Å². The number of phenolic OH excluding ortho intramolecular Hbond substituents is 2. The van der Waals surface area contributed by atoms with Crippen LogP contribution in [0, 0.1) is 0 Å². The van der Waals surface area contributed by atoms with Gasteiger partial charge in [-0.1, -0.05) is 36.4 Å². The number of nitrogens with two attached hydrogens (primary N) is 2. The van der Waals surface area contributed by atoms with Crippen LogP contribution in [0.15, 0.2) is 54.2 Å². The van der Waals surface area contributed by atoms with Gasteiger partial charge in [0, 0.05) is 0 Å². The molecule has 5 nitrogen and oxygen atoms in total. The number of primary amides is 1. The lowest BCUT2D eigenvalue weighted by molar-refractivity contribution is -0.114. The molecule has 2 rings (SSSR count). The smallest absolute Gasteiger partial charge is 0.264 e. The molecule has 0 radical (unpaired) electrons. The van der Waals surface area contributed by atoms with Crippen LogP contribution in [0.2, 0.25) is 0 Å². The van der Waals surface area contributed by atoms with Crippen LogP contribution in [0.5, 0.6) is 11.5 Å². The summed E-state index contributed by atoms with van der Waals surface area (Å²) in [6.07, 6.45) is 1.16. The minimum atomic E-state index is -0.712. The molecule has 6 N–H and O–H groups in total. The van der Waals surface area contributed by atoms with Crippen LogP contribution in [0.1, 0.15) is 17.5 Å². The van der Waals surface area contributed by atoms with Gasteiger partial charge in [-0.05, 0) is 41.7 Å². The first-order chi connectivity index (χ1) is 10.5. The third kappa shape index (κ3) is 3.58. The van der Waals surface area contributed by atoms with E-state index in [1.807, 2.05) is 30.3 Å². The average Bonchev–Trinajstić information content (AvgIpc) is 2.51. The zero-order chi connectivity index (χ0) is 16.1. The third-order valence-corrected chi connectivity index (χ3v) is 3.42. The summed E-state index contributed by atoms with van der Waals surface area (Å²) < 4.78 is 0. The number of carbonyl (C=O) groups excluding carboxylic acids is 1. The summed E-state index contributed by atoms with van der Waals surface area (Å²) in [4.78, 5) is 11.4. The van der Waals surface area contributed by atoms with Crippen LogP contribution in [0.25, 0.3) is 5.57 Å². The number of allylic oxidation sites excluding steroid dienone is 1. The van der Waals surface area contributed by atoms with Crippen molar-refractivity contribution in [2.45, 2.75) is 12.8 Å². The van der Waals surface area contributed by atoms with Gasteiger partial charge in [-0.15, -0.1) is 0 Å². The highest BCUT2D eigenvalue weighted by Gasteiger charge is 2.13. The van der Waals surface area contributed by atoms with E-state index in [4.69, 9.17) is 11.5 Å². The maximum absolute atomic E-state index is 11.4. The van der Waals surface area contributed by atoms with Gasteiger partial charge in [0.25, 0.3) is 5.91 Å². The maximum atomic E-state index is 11.4. The molecule has 0 saturated carbocycles. The molecule has 0 atom stereocenters. The largest absolute Gasteiger partial charge is 0.504 e. The molecular formula is C17H18N2O3. The van der Waals surface area contributed by atoms with Crippen LogP contribution in [-0.4, -0.2) is 16.1 Å². The fourth-order valence-electron chi connectivity index (χ4n) is 2.21. The number of hydrogen-bond acceptors (Lipinski definition) is 4. The van der Waals surface area contributed by atoms with Crippen LogP contribution in [0.4, 0.5) is 0 Å². The van der Waals surface area contributed by atoms with Crippen LogP contribution < -0.4 is 11.5 Å². The van der Waals surface area contributed by atoms with Crippen LogP contribution >= 0.6 is 0 Å². The van der Waals surface area contributed by atoms with Gasteiger partial charge in [0.2, 0.25) is 0 Å². The molecule has 2 aromatic rings. The third-order valence-electron chi connectivity index (χ3n) is 3.42. The van der Waals surface area contributed by atoms with Crippen molar-refractivity contribution < 1.29 is 15.0 Å². The lowest BCUT2D eigenvalue weighted by atomic mass is 9.96. The van der Waals surface area contributed by atoms with Crippen molar-refractivity contribution >= 4 is 11.5 Å². The first kappa shape index (κ1) is 15.4. The van der Waals surface area contributed by atoms with Gasteiger partial charge in [-0.25, -0.2) is 0 Å². The minimum absolute atomic E-state index is 0.0407. The van der Waals surface area contributed by atoms with Gasteiger partial charge >= 0.3 is 0 Å². The number of carbonyl (C=O) groups is 1. The van der Waals surface area contributed by atoms with Gasteiger partial charge < -0.3 is 21.7 Å². The van der Waals surface area contributed by atoms with Crippen LogP contribution in [0.3, 0.4) is 0 Å². The standard InChI is InChI=1S/C17H18N2O3/c18-16(17(19)22)13(8-6-11-4-2-1-3-5-11)12-7-9-14(20)15(21)10-12/h1-5,7,9-10,20-21H,6,8,18H2,(H2,19,22)/b16-13+. The van der Waals surface area contributed by atoms with E-state index >= 15 is 0 Å². The zero-order valence-corrected chi connectivity index (χ0v) is 12.0. The quantitative estimate of drug-likeness (QED) is 0.499. The number of phenols is 2. The molecule has 114 valence electrons. The molecule has 0 saturated heterocycles. The summed E-state index contributed by atoms with van der Waals surface area (Å²) in [5.74, 6) is -1.22. The van der Waals surface area contributed by atoms with E-state index in [1.165, 1.54) is 12.1 Å². The Hall–Kier alpha value is -2.95. The molecule has 0 aliphatic rings. The van der Waals surface area contributed by atoms with E-state index < -0.39 is 5.91 Å². The van der Waals surface area contributed by atoms with Crippen molar-refractivity contribution in [3.05, 3.63) is 65.4 Å². The Kier molecular flexibility index (Phi) is 4.68. The van der Waals surface area contributed by atoms with Gasteiger partial charge in [0.05, 0.1) is 0 Å². The SMILES string of the molecule is NC(=O)/C(N)=C(/CCc1ccccc1)c1ccc(O)c(O)c1. The highest BCUT2D eigenvalue weighted by atomic mass is 16.3. The van der Waals surface area contributed by atoms with Gasteiger partial charge in [0.15, 0.2) is 11.5 Å². The summed E-state index contributed by atoms with van der Waals surface area (Å²) in [6, 6.07) is 14.1. The summed E-state index contributed by atoms with van der Waals surface area (Å²) in [5, 5.41) is 19.0. The molecule has 0 bridgehead atoms. The van der Waals surface area contributed by atoms with Crippen molar-refractivity contribution in [2.24, 2.45) is 11.5 Å². The second kappa shape index (κ2) is 6.67. The Morgan fingerprint density at radius 1 is 0.955 bits per heavy atom. The van der Waals surface area contributed by atoms with E-state index in [-0.39, 0.29) is 17.2 Å². The Labute approximate surface area is 128 Å². The predicted octanol–water partition coefficient (Wildman–Crippen LogP) is 1.89. The first-order valence-corrected chi connectivity index (χ1v) is 6.83. The van der Waals surface area contributed by atoms with E-state index in [2.05, 4.69) is 0 Å². The number of benzene rings is 2. The van der Waals surface area contributed by atoms with Crippen molar-refractivity contribution in [3.8, 4) is 11.5 Å². The Morgan fingerprint density at radius 2 is 1.64 bits per heavy atom. The Balaban J connectivity index is 2.33. The second-order valence-corrected chi connectivity index (χ2v) is 4.95. The van der Waals surface area contributed by atoms with Gasteiger partial charge in [-0.2, -0.15) is 0 Å². The molecule has 1 amide bonds. The monoisotopic (exact) mass is 298 g/mol. The fraction of sp³-hybridized carbons (Fsp3) is 0.118. The molecule has 0 fully saturated rings. The number of hydrogen-bond donors (Lipinski definition) is 4. The predicted molar refractivity (Wildman–Crippen MR) is 84.8 cm³/mol. The van der Waals surface area contributed by atoms with Crippen molar-refractivity contribution in [1.29, 1.82) is 0 Å². The van der Waals surface area contributed by atoms with E-state index in [0.29, 0.717) is 24.0 Å². The van der Waals surface area contributed by atoms with E-state index in [9.17, 15) is 15.0 Å². The van der Waals surface area contributed by atoms with Gasteiger partial charge in [0.1, 0.15) is 5.70 Å². The maximum Gasteiger partial charge on any atom is 0.264 e. The van der Waals surface area contributed by atoms with Crippen LogP contribution in [-0.2, 0) is 11.2 Å². The normalized spacial score (nSPS) is 11.8. The van der Waals surface area contributed by atoms with Crippen molar-refractivity contribution in [2.75, 3.05) is 0 Å².